The molecule has 0 fully saturated rings. The molecule has 1 aromatic rings. The normalized spacial score (nSPS) is 12.4. The van der Waals surface area contributed by atoms with Gasteiger partial charge >= 0.3 is 11.9 Å². The minimum Gasteiger partial charge on any atom is -0.481 e. The summed E-state index contributed by atoms with van der Waals surface area (Å²) in [6.45, 7) is 2.24. The summed E-state index contributed by atoms with van der Waals surface area (Å²) in [5.41, 5.74) is 0.749. The van der Waals surface area contributed by atoms with Crippen LogP contribution in [-0.2, 0) is 26.1 Å². The lowest BCUT2D eigenvalue weighted by Crippen LogP contribution is -2.35. The van der Waals surface area contributed by atoms with Crippen molar-refractivity contribution in [2.75, 3.05) is 0 Å². The van der Waals surface area contributed by atoms with Crippen molar-refractivity contribution in [3.63, 3.8) is 0 Å². The Hall–Kier alpha value is -1.93. The van der Waals surface area contributed by atoms with E-state index in [1.54, 1.807) is 24.3 Å². The number of carboxylic acid groups (broad SMARTS) is 1. The third kappa shape index (κ3) is 13.7. The third-order valence-electron chi connectivity index (χ3n) is 5.97. The summed E-state index contributed by atoms with van der Waals surface area (Å²) in [6.07, 6.45) is 17.2. The molecule has 0 saturated heterocycles. The summed E-state index contributed by atoms with van der Waals surface area (Å²) in [4.78, 5) is 23.1. The lowest BCUT2D eigenvalue weighted by atomic mass is 10.0. The van der Waals surface area contributed by atoms with Crippen LogP contribution in [0.3, 0.4) is 0 Å². The van der Waals surface area contributed by atoms with E-state index in [4.69, 9.17) is 9.84 Å². The number of benzene rings is 1. The van der Waals surface area contributed by atoms with Crippen molar-refractivity contribution < 1.29 is 32.4 Å². The van der Waals surface area contributed by atoms with Crippen LogP contribution < -0.4 is 4.74 Å². The van der Waals surface area contributed by atoms with Crippen molar-refractivity contribution >= 4 is 22.1 Å². The summed E-state index contributed by atoms with van der Waals surface area (Å²) in [6, 6.07) is 6.79. The molecular formula is C26H42O7S. The van der Waals surface area contributed by atoms with Crippen LogP contribution in [0.5, 0.6) is 5.75 Å². The first-order valence-electron chi connectivity index (χ1n) is 12.7. The molecule has 1 rings (SSSR count). The highest BCUT2D eigenvalue weighted by Crippen LogP contribution is 2.23. The highest BCUT2D eigenvalue weighted by molar-refractivity contribution is 7.87. The molecule has 0 aliphatic rings. The van der Waals surface area contributed by atoms with Gasteiger partial charge in [0, 0.05) is 0 Å². The van der Waals surface area contributed by atoms with Gasteiger partial charge in [-0.15, -0.1) is 0 Å². The Labute approximate surface area is 205 Å². The number of hydrogen-bond acceptors (Lipinski definition) is 5. The van der Waals surface area contributed by atoms with E-state index in [0.717, 1.165) is 24.8 Å². The number of carbonyl (C=O) groups excluding carboxylic acids is 1. The highest BCUT2D eigenvalue weighted by atomic mass is 32.2. The number of ether oxygens (including phenoxy) is 1. The fraction of sp³-hybridized carbons (Fsp3) is 0.692. The molecule has 0 aliphatic carbocycles. The van der Waals surface area contributed by atoms with Crippen molar-refractivity contribution in [2.24, 2.45) is 0 Å². The Bertz CT molecular complexity index is 820. The molecule has 2 N–H and O–H groups in total. The van der Waals surface area contributed by atoms with E-state index in [-0.39, 0.29) is 5.75 Å². The van der Waals surface area contributed by atoms with Crippen molar-refractivity contribution in [1.29, 1.82) is 0 Å². The number of carbonyl (C=O) groups is 2. The van der Waals surface area contributed by atoms with Crippen molar-refractivity contribution in [2.45, 2.75) is 115 Å². The molecule has 0 bridgehead atoms. The number of para-hydroxylation sites is 1. The van der Waals surface area contributed by atoms with Crippen LogP contribution in [0.1, 0.15) is 109 Å². The first-order valence-corrected chi connectivity index (χ1v) is 14.2. The maximum Gasteiger partial charge on any atom is 0.332 e. The smallest absolute Gasteiger partial charge is 0.332 e. The van der Waals surface area contributed by atoms with Crippen molar-refractivity contribution in [1.82, 2.24) is 0 Å². The highest BCUT2D eigenvalue weighted by Gasteiger charge is 2.35. The Kier molecular flexibility index (Phi) is 15.5. The lowest BCUT2D eigenvalue weighted by molar-refractivity contribution is -0.142. The number of carboxylic acids is 1. The minimum atomic E-state index is -4.89. The predicted molar refractivity (Wildman–Crippen MR) is 134 cm³/mol. The molecule has 1 aromatic carbocycles. The first-order chi connectivity index (χ1) is 16.3. The topological polar surface area (TPSA) is 118 Å². The molecule has 34 heavy (non-hydrogen) atoms. The van der Waals surface area contributed by atoms with E-state index in [9.17, 15) is 22.6 Å². The van der Waals surface area contributed by atoms with Crippen molar-refractivity contribution in [3.8, 4) is 5.75 Å². The molecule has 1 atom stereocenters. The molecule has 0 aromatic heterocycles. The molecule has 0 aliphatic heterocycles. The maximum absolute atomic E-state index is 12.2. The van der Waals surface area contributed by atoms with Gasteiger partial charge in [0.2, 0.25) is 0 Å². The molecule has 1 unspecified atom stereocenters. The van der Waals surface area contributed by atoms with Crippen LogP contribution in [0, 0.1) is 0 Å². The minimum absolute atomic E-state index is 0.196. The fourth-order valence-corrected chi connectivity index (χ4v) is 4.61. The Balaban J connectivity index is 2.28. The molecule has 0 amide bonds. The number of aryl methyl sites for hydroxylation is 1. The molecule has 0 saturated carbocycles. The number of hydrogen-bond donors (Lipinski definition) is 2. The fourth-order valence-electron chi connectivity index (χ4n) is 3.96. The van der Waals surface area contributed by atoms with E-state index in [1.807, 2.05) is 0 Å². The Morgan fingerprint density at radius 3 is 1.76 bits per heavy atom. The van der Waals surface area contributed by atoms with Gasteiger partial charge < -0.3 is 9.84 Å². The van der Waals surface area contributed by atoms with Gasteiger partial charge in [-0.1, -0.05) is 109 Å². The van der Waals surface area contributed by atoms with Gasteiger partial charge in [-0.2, -0.15) is 8.42 Å². The van der Waals surface area contributed by atoms with Crippen molar-refractivity contribution in [3.05, 3.63) is 29.8 Å². The van der Waals surface area contributed by atoms with E-state index in [0.29, 0.717) is 6.42 Å². The maximum atomic E-state index is 12.2. The summed E-state index contributed by atoms with van der Waals surface area (Å²) in [7, 11) is -4.89. The van der Waals surface area contributed by atoms with Gasteiger partial charge in [0.05, 0.1) is 6.42 Å². The zero-order valence-corrected chi connectivity index (χ0v) is 21.4. The monoisotopic (exact) mass is 498 g/mol. The number of esters is 1. The van der Waals surface area contributed by atoms with Gasteiger partial charge in [0.1, 0.15) is 5.75 Å². The predicted octanol–water partition coefficient (Wildman–Crippen LogP) is 6.35. The quantitative estimate of drug-likeness (QED) is 0.0931. The van der Waals surface area contributed by atoms with E-state index in [1.165, 1.54) is 70.6 Å². The SMILES string of the molecule is CCCCCCCCCCCCCCCCc1ccccc1OC(=O)C(CC(=O)O)S(=O)(=O)O. The molecule has 8 heteroatoms. The van der Waals surface area contributed by atoms with Crippen LogP contribution in [0.2, 0.25) is 0 Å². The van der Waals surface area contributed by atoms with Gasteiger partial charge in [0.25, 0.3) is 10.1 Å². The molecule has 0 spiro atoms. The zero-order chi connectivity index (χ0) is 25.2. The summed E-state index contributed by atoms with van der Waals surface area (Å²) >= 11 is 0. The second-order valence-electron chi connectivity index (χ2n) is 8.98. The summed E-state index contributed by atoms with van der Waals surface area (Å²) in [5, 5.41) is 6.67. The largest absolute Gasteiger partial charge is 0.481 e. The Morgan fingerprint density at radius 1 is 0.824 bits per heavy atom. The van der Waals surface area contributed by atoms with Gasteiger partial charge in [-0.3, -0.25) is 14.1 Å². The van der Waals surface area contributed by atoms with Gasteiger partial charge in [-0.05, 0) is 24.5 Å². The standard InChI is InChI=1S/C26H42O7S/c1-2-3-4-5-6-7-8-9-10-11-12-13-14-15-18-22-19-16-17-20-23(22)33-26(29)24(21-25(27)28)34(30,31)32/h16-17,19-20,24H,2-15,18,21H2,1H3,(H,27,28)(H,30,31,32). The van der Waals surface area contributed by atoms with E-state index in [2.05, 4.69) is 6.92 Å². The van der Waals surface area contributed by atoms with E-state index < -0.39 is 33.7 Å². The molecule has 7 nitrogen and oxygen atoms in total. The van der Waals surface area contributed by atoms with Crippen LogP contribution in [-0.4, -0.2) is 35.3 Å². The second kappa shape index (κ2) is 17.5. The van der Waals surface area contributed by atoms with Gasteiger partial charge in [-0.25, -0.2) is 0 Å². The van der Waals surface area contributed by atoms with Gasteiger partial charge in [0.15, 0.2) is 5.25 Å². The average Bonchev–Trinajstić information content (AvgIpc) is 2.77. The molecular weight excluding hydrogens is 456 g/mol. The van der Waals surface area contributed by atoms with Crippen LogP contribution in [0.4, 0.5) is 0 Å². The Morgan fingerprint density at radius 2 is 1.29 bits per heavy atom. The zero-order valence-electron chi connectivity index (χ0n) is 20.5. The third-order valence-corrected chi connectivity index (χ3v) is 7.04. The lowest BCUT2D eigenvalue weighted by Gasteiger charge is -2.14. The summed E-state index contributed by atoms with van der Waals surface area (Å²) < 4.78 is 37.1. The van der Waals surface area contributed by atoms with Crippen LogP contribution in [0.25, 0.3) is 0 Å². The van der Waals surface area contributed by atoms with Crippen LogP contribution in [0.15, 0.2) is 24.3 Å². The molecule has 194 valence electrons. The van der Waals surface area contributed by atoms with Crippen LogP contribution >= 0.6 is 0 Å². The average molecular weight is 499 g/mol. The van der Waals surface area contributed by atoms with E-state index >= 15 is 0 Å². The number of aliphatic carboxylic acids is 1. The number of rotatable bonds is 20. The second-order valence-corrected chi connectivity index (χ2v) is 10.6. The molecule has 0 radical (unpaired) electrons. The summed E-state index contributed by atoms with van der Waals surface area (Å²) in [5.74, 6) is -2.62. The first kappa shape index (κ1) is 30.1. The number of unbranched alkanes of at least 4 members (excludes halogenated alkanes) is 13. The molecule has 0 heterocycles.